The summed E-state index contributed by atoms with van der Waals surface area (Å²) in [5.41, 5.74) is 10.5. The average Bonchev–Trinajstić information content (AvgIpc) is 3.88. The van der Waals surface area contributed by atoms with Crippen molar-refractivity contribution in [3.05, 3.63) is 83.6 Å². The number of nitrogens with zero attached hydrogens (tertiary/aromatic N) is 3. The fourth-order valence-corrected chi connectivity index (χ4v) is 9.84. The number of rotatable bonds is 14. The fourth-order valence-electron chi connectivity index (χ4n) is 9.84. The summed E-state index contributed by atoms with van der Waals surface area (Å²) < 4.78 is 16.2. The maximum Gasteiger partial charge on any atom is 0.407 e. The smallest absolute Gasteiger partial charge is 0.407 e. The lowest BCUT2D eigenvalue weighted by atomic mass is 9.81. The molecule has 3 fully saturated rings. The van der Waals surface area contributed by atoms with Crippen LogP contribution in [0.3, 0.4) is 0 Å². The molecule has 3 aliphatic heterocycles. The molecular formula is C49H58N8O7. The van der Waals surface area contributed by atoms with Crippen LogP contribution < -0.4 is 16.0 Å². The van der Waals surface area contributed by atoms with Gasteiger partial charge in [-0.1, -0.05) is 83.0 Å². The zero-order valence-corrected chi connectivity index (χ0v) is 37.3. The first kappa shape index (κ1) is 43.1. The molecule has 15 nitrogen and oxygen atoms in total. The molecule has 15 heteroatoms. The van der Waals surface area contributed by atoms with Gasteiger partial charge < -0.3 is 45.0 Å². The standard InChI is InChI=1S/C49H58N8O7/c1-25(2)42(55-48(60)62-5)46(58)54-35(22-27-9-10-27)44-51-33-18-15-30(23-34(33)52-44)32-17-16-31(40-38-19-20-39(64-38)41(32)40)28-11-13-29(14-12-28)36-24-50-45(53-36)37-8-7-21-57(37)47(59)43(26(3)4)56-49(61)63-6/h11-18,23-27,35,37-39,42-43H,7-10,19-22H2,1-6H3,(H,50,53)(H,51,52)(H,54,58)(H,55,60)(H,56,61)/t35-,37-,38?,39?,42-,43-/m0/s1. The summed E-state index contributed by atoms with van der Waals surface area (Å²) in [6.07, 6.45) is 7.18. The first-order chi connectivity index (χ1) is 30.9. The lowest BCUT2D eigenvalue weighted by Crippen LogP contribution is -2.51. The van der Waals surface area contributed by atoms with Gasteiger partial charge in [0.1, 0.15) is 23.7 Å². The van der Waals surface area contributed by atoms with Gasteiger partial charge in [0.2, 0.25) is 11.8 Å². The minimum atomic E-state index is -0.744. The van der Waals surface area contributed by atoms with Gasteiger partial charge in [0.15, 0.2) is 0 Å². The largest absolute Gasteiger partial charge is 0.453 e. The van der Waals surface area contributed by atoms with E-state index in [9.17, 15) is 19.2 Å². The molecule has 1 aliphatic carbocycles. The third-order valence-electron chi connectivity index (χ3n) is 13.4. The summed E-state index contributed by atoms with van der Waals surface area (Å²) in [7, 11) is 2.59. The van der Waals surface area contributed by atoms with E-state index in [1.807, 2.05) is 44.9 Å². The SMILES string of the molecule is COC(=O)N[C@H](C(=O)N[C@@H](CC1CC1)c1nc2ccc(-c3ccc(-c4ccc(-c5cnc([C@@H]6CCCN6C(=O)[C@@H](NC(=O)OC)C(C)C)[nH]5)cc4)c4c3C3CCC4O3)cc2[nH]1)C(C)C. The second-order valence-electron chi connectivity index (χ2n) is 18.4. The van der Waals surface area contributed by atoms with Crippen LogP contribution in [0.5, 0.6) is 0 Å². The van der Waals surface area contributed by atoms with Gasteiger partial charge in [-0.3, -0.25) is 9.59 Å². The minimum Gasteiger partial charge on any atom is -0.453 e. The molecule has 6 atom stereocenters. The number of imidazole rings is 2. The normalized spacial score (nSPS) is 20.3. The summed E-state index contributed by atoms with van der Waals surface area (Å²) in [6, 6.07) is 17.3. The Morgan fingerprint density at radius 1 is 0.766 bits per heavy atom. The monoisotopic (exact) mass is 870 g/mol. The van der Waals surface area contributed by atoms with Crippen molar-refractivity contribution >= 4 is 35.0 Å². The molecule has 336 valence electrons. The number of ether oxygens (including phenoxy) is 3. The zero-order chi connectivity index (χ0) is 44.8. The number of aromatic amines is 2. The minimum absolute atomic E-state index is 0.0189. The van der Waals surface area contributed by atoms with Crippen molar-refractivity contribution in [2.45, 2.75) is 109 Å². The highest BCUT2D eigenvalue weighted by Crippen LogP contribution is 2.56. The van der Waals surface area contributed by atoms with Gasteiger partial charge in [-0.05, 0) is 101 Å². The summed E-state index contributed by atoms with van der Waals surface area (Å²) in [5.74, 6) is 1.29. The number of fused-ring (bicyclic) bond motifs is 6. The van der Waals surface area contributed by atoms with Gasteiger partial charge in [-0.15, -0.1) is 0 Å². The number of methoxy groups -OCH3 is 2. The Balaban J connectivity index is 0.949. The van der Waals surface area contributed by atoms with Crippen molar-refractivity contribution in [1.29, 1.82) is 0 Å². The van der Waals surface area contributed by atoms with Gasteiger partial charge in [-0.25, -0.2) is 19.6 Å². The fraction of sp³-hybridized carbons (Fsp3) is 0.469. The maximum atomic E-state index is 13.7. The summed E-state index contributed by atoms with van der Waals surface area (Å²) in [4.78, 5) is 69.9. The number of nitrogens with one attached hydrogen (secondary N) is 5. The van der Waals surface area contributed by atoms with Crippen LogP contribution in [-0.4, -0.2) is 81.7 Å². The van der Waals surface area contributed by atoms with E-state index in [0.29, 0.717) is 18.3 Å². The molecule has 0 radical (unpaired) electrons. The number of likely N-dealkylation sites (tertiary alicyclic amines) is 1. The number of benzene rings is 3. The number of aromatic nitrogens is 4. The number of hydrogen-bond donors (Lipinski definition) is 5. The molecule has 5 N–H and O–H groups in total. The van der Waals surface area contributed by atoms with Crippen LogP contribution in [0.1, 0.15) is 120 Å². The van der Waals surface area contributed by atoms with Crippen molar-refractivity contribution < 1.29 is 33.4 Å². The Morgan fingerprint density at radius 3 is 2.03 bits per heavy atom. The van der Waals surface area contributed by atoms with Crippen molar-refractivity contribution in [3.8, 4) is 33.5 Å². The van der Waals surface area contributed by atoms with Crippen LogP contribution in [0.4, 0.5) is 9.59 Å². The summed E-state index contributed by atoms with van der Waals surface area (Å²) >= 11 is 0. The number of carbonyl (C=O) groups is 4. The Hall–Kier alpha value is -6.22. The van der Waals surface area contributed by atoms with Crippen LogP contribution in [0, 0.1) is 17.8 Å². The first-order valence-corrected chi connectivity index (χ1v) is 22.7. The number of carbonyl (C=O) groups excluding carboxylic acids is 4. The highest BCUT2D eigenvalue weighted by Gasteiger charge is 2.42. The van der Waals surface area contributed by atoms with Crippen LogP contribution in [0.15, 0.2) is 60.8 Å². The number of amides is 4. The molecule has 0 spiro atoms. The van der Waals surface area contributed by atoms with Crippen molar-refractivity contribution in [2.75, 3.05) is 20.8 Å². The van der Waals surface area contributed by atoms with E-state index >= 15 is 0 Å². The Kier molecular flexibility index (Phi) is 11.9. The molecule has 4 aliphatic rings. The third kappa shape index (κ3) is 8.45. The molecule has 4 amide bonds. The highest BCUT2D eigenvalue weighted by atomic mass is 16.5. The van der Waals surface area contributed by atoms with Crippen molar-refractivity contribution in [3.63, 3.8) is 0 Å². The topological polar surface area (TPSA) is 193 Å². The van der Waals surface area contributed by atoms with Crippen LogP contribution in [0.25, 0.3) is 44.5 Å². The van der Waals surface area contributed by atoms with E-state index in [-0.39, 0.29) is 47.9 Å². The Labute approximate surface area is 372 Å². The second kappa shape index (κ2) is 17.7. The predicted octanol–water partition coefficient (Wildman–Crippen LogP) is 8.58. The molecular weight excluding hydrogens is 813 g/mol. The van der Waals surface area contributed by atoms with E-state index < -0.39 is 24.3 Å². The Morgan fingerprint density at radius 2 is 1.39 bits per heavy atom. The van der Waals surface area contributed by atoms with Gasteiger partial charge in [0.05, 0.1) is 61.4 Å². The molecule has 3 aromatic carbocycles. The van der Waals surface area contributed by atoms with Gasteiger partial charge >= 0.3 is 12.2 Å². The quantitative estimate of drug-likeness (QED) is 0.0727. The van der Waals surface area contributed by atoms with Gasteiger partial charge in [0.25, 0.3) is 0 Å². The molecule has 2 bridgehead atoms. The number of hydrogen-bond acceptors (Lipinski definition) is 9. The van der Waals surface area contributed by atoms with Crippen molar-refractivity contribution in [1.82, 2.24) is 40.8 Å². The summed E-state index contributed by atoms with van der Waals surface area (Å²) in [5, 5.41) is 8.59. The number of alkyl carbamates (subject to hydrolysis) is 2. The molecule has 5 heterocycles. The lowest BCUT2D eigenvalue weighted by molar-refractivity contribution is -0.135. The number of H-pyrrole nitrogens is 2. The second-order valence-corrected chi connectivity index (χ2v) is 18.4. The maximum absolute atomic E-state index is 13.7. The van der Waals surface area contributed by atoms with Crippen LogP contribution in [-0.2, 0) is 23.8 Å². The molecule has 1 saturated carbocycles. The van der Waals surface area contributed by atoms with Gasteiger partial charge in [0, 0.05) is 6.54 Å². The van der Waals surface area contributed by atoms with E-state index in [2.05, 4.69) is 74.4 Å². The Bertz CT molecular complexity index is 2560. The zero-order valence-electron chi connectivity index (χ0n) is 37.3. The van der Waals surface area contributed by atoms with E-state index in [1.165, 1.54) is 25.3 Å². The molecule has 64 heavy (non-hydrogen) atoms. The van der Waals surface area contributed by atoms with Crippen LogP contribution >= 0.6 is 0 Å². The average molecular weight is 871 g/mol. The van der Waals surface area contributed by atoms with Crippen LogP contribution in [0.2, 0.25) is 0 Å². The lowest BCUT2D eigenvalue weighted by Gasteiger charge is -2.30. The highest BCUT2D eigenvalue weighted by molar-refractivity contribution is 5.88. The third-order valence-corrected chi connectivity index (χ3v) is 13.4. The van der Waals surface area contributed by atoms with E-state index in [4.69, 9.17) is 24.2 Å². The van der Waals surface area contributed by atoms with Gasteiger partial charge in [-0.2, -0.15) is 0 Å². The molecule has 2 aromatic heterocycles. The molecule has 2 saturated heterocycles. The summed E-state index contributed by atoms with van der Waals surface area (Å²) in [6.45, 7) is 8.19. The van der Waals surface area contributed by atoms with Crippen molar-refractivity contribution in [2.24, 2.45) is 17.8 Å². The van der Waals surface area contributed by atoms with E-state index in [1.54, 1.807) is 0 Å². The first-order valence-electron chi connectivity index (χ1n) is 22.7. The molecule has 2 unspecified atom stereocenters. The molecule has 9 rings (SSSR count). The predicted molar refractivity (Wildman–Crippen MR) is 241 cm³/mol. The van der Waals surface area contributed by atoms with E-state index in [0.717, 1.165) is 95.3 Å². The molecule has 5 aromatic rings.